The van der Waals surface area contributed by atoms with E-state index in [9.17, 15) is 9.18 Å². The van der Waals surface area contributed by atoms with Gasteiger partial charge >= 0.3 is 0 Å². The fraction of sp³-hybridized carbons (Fsp3) is 0.500. The fourth-order valence-corrected chi connectivity index (χ4v) is 1.79. The zero-order chi connectivity index (χ0) is 13.5. The molecule has 0 saturated heterocycles. The van der Waals surface area contributed by atoms with Gasteiger partial charge in [0.25, 0.3) is 0 Å². The van der Waals surface area contributed by atoms with Gasteiger partial charge in [-0.15, -0.1) is 0 Å². The summed E-state index contributed by atoms with van der Waals surface area (Å²) in [5, 5.41) is 0. The molecule has 1 rings (SSSR count). The normalized spacial score (nSPS) is 10.7. The van der Waals surface area contributed by atoms with Gasteiger partial charge in [-0.1, -0.05) is 19.9 Å². The SMILES string of the molecule is CCN(CC)CCOc1cccc(F)c1C(C)=O. The summed E-state index contributed by atoms with van der Waals surface area (Å²) in [6.07, 6.45) is 0. The molecule has 0 radical (unpaired) electrons. The minimum Gasteiger partial charge on any atom is -0.491 e. The Morgan fingerprint density at radius 1 is 1.33 bits per heavy atom. The van der Waals surface area contributed by atoms with E-state index in [4.69, 9.17) is 4.74 Å². The number of halogens is 1. The average molecular weight is 253 g/mol. The van der Waals surface area contributed by atoms with E-state index in [2.05, 4.69) is 18.7 Å². The van der Waals surface area contributed by atoms with Crippen LogP contribution in [0.15, 0.2) is 18.2 Å². The number of carbonyl (C=O) groups excluding carboxylic acids is 1. The van der Waals surface area contributed by atoms with Gasteiger partial charge in [-0.3, -0.25) is 4.79 Å². The summed E-state index contributed by atoms with van der Waals surface area (Å²) >= 11 is 0. The molecule has 0 aliphatic heterocycles. The first kappa shape index (κ1) is 14.6. The van der Waals surface area contributed by atoms with Crippen molar-refractivity contribution in [2.45, 2.75) is 20.8 Å². The van der Waals surface area contributed by atoms with Crippen LogP contribution in [0.1, 0.15) is 31.1 Å². The van der Waals surface area contributed by atoms with Crippen LogP contribution in [0.5, 0.6) is 5.75 Å². The third kappa shape index (κ3) is 3.81. The van der Waals surface area contributed by atoms with Gasteiger partial charge in [0.1, 0.15) is 18.2 Å². The van der Waals surface area contributed by atoms with Crippen LogP contribution in [0.2, 0.25) is 0 Å². The molecule has 1 aromatic carbocycles. The molecular weight excluding hydrogens is 233 g/mol. The van der Waals surface area contributed by atoms with Gasteiger partial charge in [-0.25, -0.2) is 4.39 Å². The van der Waals surface area contributed by atoms with E-state index in [1.54, 1.807) is 12.1 Å². The summed E-state index contributed by atoms with van der Waals surface area (Å²) in [6, 6.07) is 4.45. The lowest BCUT2D eigenvalue weighted by Gasteiger charge is -2.18. The fourth-order valence-electron chi connectivity index (χ4n) is 1.79. The molecule has 0 unspecified atom stereocenters. The second-order valence-electron chi connectivity index (χ2n) is 4.04. The first-order valence-electron chi connectivity index (χ1n) is 6.24. The molecule has 0 atom stereocenters. The number of likely N-dealkylation sites (N-methyl/N-ethyl adjacent to an activating group) is 1. The Labute approximate surface area is 108 Å². The van der Waals surface area contributed by atoms with Gasteiger partial charge in [0.15, 0.2) is 5.78 Å². The zero-order valence-electron chi connectivity index (χ0n) is 11.2. The van der Waals surface area contributed by atoms with Gasteiger partial charge in [0.2, 0.25) is 0 Å². The predicted octanol–water partition coefficient (Wildman–Crippen LogP) is 2.75. The third-order valence-electron chi connectivity index (χ3n) is 2.89. The Balaban J connectivity index is 2.67. The van der Waals surface area contributed by atoms with Crippen molar-refractivity contribution in [3.05, 3.63) is 29.6 Å². The van der Waals surface area contributed by atoms with Crippen LogP contribution < -0.4 is 4.74 Å². The van der Waals surface area contributed by atoms with Crippen molar-refractivity contribution in [2.75, 3.05) is 26.2 Å². The Morgan fingerprint density at radius 2 is 2.00 bits per heavy atom. The number of carbonyl (C=O) groups is 1. The van der Waals surface area contributed by atoms with Crippen molar-refractivity contribution < 1.29 is 13.9 Å². The monoisotopic (exact) mass is 253 g/mol. The Kier molecular flexibility index (Phi) is 5.78. The van der Waals surface area contributed by atoms with E-state index in [0.717, 1.165) is 19.6 Å². The van der Waals surface area contributed by atoms with Crippen LogP contribution in [0.25, 0.3) is 0 Å². The average Bonchev–Trinajstić information content (AvgIpc) is 2.34. The molecule has 4 heteroatoms. The lowest BCUT2D eigenvalue weighted by molar-refractivity contribution is 0.100. The smallest absolute Gasteiger partial charge is 0.166 e. The Hall–Kier alpha value is -1.42. The molecule has 0 heterocycles. The quantitative estimate of drug-likeness (QED) is 0.700. The molecule has 0 N–H and O–H groups in total. The molecule has 1 aromatic rings. The molecule has 100 valence electrons. The first-order valence-corrected chi connectivity index (χ1v) is 6.24. The van der Waals surface area contributed by atoms with Gasteiger partial charge < -0.3 is 9.64 Å². The van der Waals surface area contributed by atoms with Crippen LogP contribution in [-0.2, 0) is 0 Å². The number of Topliss-reactive ketones (excluding diaryl/α,β-unsaturated/α-hetero) is 1. The van der Waals surface area contributed by atoms with E-state index in [1.807, 2.05) is 0 Å². The Morgan fingerprint density at radius 3 is 2.56 bits per heavy atom. The van der Waals surface area contributed by atoms with E-state index in [0.29, 0.717) is 12.4 Å². The minimum atomic E-state index is -0.525. The topological polar surface area (TPSA) is 29.5 Å². The van der Waals surface area contributed by atoms with Crippen LogP contribution in [0.3, 0.4) is 0 Å². The maximum absolute atomic E-state index is 13.5. The van der Waals surface area contributed by atoms with Gasteiger partial charge in [0.05, 0.1) is 5.56 Å². The summed E-state index contributed by atoms with van der Waals surface area (Å²) in [6.45, 7) is 8.60. The van der Waals surface area contributed by atoms with Crippen molar-refractivity contribution in [2.24, 2.45) is 0 Å². The molecule has 0 bridgehead atoms. The van der Waals surface area contributed by atoms with Crippen LogP contribution in [0.4, 0.5) is 4.39 Å². The third-order valence-corrected chi connectivity index (χ3v) is 2.89. The maximum Gasteiger partial charge on any atom is 0.166 e. The first-order chi connectivity index (χ1) is 8.60. The lowest BCUT2D eigenvalue weighted by atomic mass is 10.1. The lowest BCUT2D eigenvalue weighted by Crippen LogP contribution is -2.28. The summed E-state index contributed by atoms with van der Waals surface area (Å²) in [4.78, 5) is 13.6. The second-order valence-corrected chi connectivity index (χ2v) is 4.04. The summed E-state index contributed by atoms with van der Waals surface area (Å²) in [7, 11) is 0. The maximum atomic E-state index is 13.5. The van der Waals surface area contributed by atoms with E-state index in [-0.39, 0.29) is 11.3 Å². The zero-order valence-corrected chi connectivity index (χ0v) is 11.2. The van der Waals surface area contributed by atoms with Crippen LogP contribution in [0, 0.1) is 5.82 Å². The molecule has 0 amide bonds. The van der Waals surface area contributed by atoms with Gasteiger partial charge in [-0.05, 0) is 32.1 Å². The number of rotatable bonds is 7. The largest absolute Gasteiger partial charge is 0.491 e. The molecule has 0 spiro atoms. The predicted molar refractivity (Wildman–Crippen MR) is 69.7 cm³/mol. The summed E-state index contributed by atoms with van der Waals surface area (Å²) in [5.74, 6) is -0.511. The highest BCUT2D eigenvalue weighted by Gasteiger charge is 2.14. The molecule has 0 fully saturated rings. The molecule has 3 nitrogen and oxygen atoms in total. The standard InChI is InChI=1S/C14H20FNO2/c1-4-16(5-2)9-10-18-13-8-6-7-12(15)14(13)11(3)17/h6-8H,4-5,9-10H2,1-3H3. The number of benzene rings is 1. The molecule has 18 heavy (non-hydrogen) atoms. The van der Waals surface area contributed by atoms with Crippen molar-refractivity contribution in [1.82, 2.24) is 4.90 Å². The van der Waals surface area contributed by atoms with E-state index < -0.39 is 5.82 Å². The van der Waals surface area contributed by atoms with Crippen molar-refractivity contribution in [1.29, 1.82) is 0 Å². The molecule has 0 saturated carbocycles. The molecule has 0 aliphatic rings. The van der Waals surface area contributed by atoms with Crippen LogP contribution >= 0.6 is 0 Å². The van der Waals surface area contributed by atoms with Crippen LogP contribution in [-0.4, -0.2) is 36.9 Å². The number of nitrogens with zero attached hydrogens (tertiary/aromatic N) is 1. The highest BCUT2D eigenvalue weighted by Crippen LogP contribution is 2.21. The van der Waals surface area contributed by atoms with Crippen molar-refractivity contribution >= 4 is 5.78 Å². The number of ketones is 1. The van der Waals surface area contributed by atoms with Gasteiger partial charge in [-0.2, -0.15) is 0 Å². The number of hydrogen-bond acceptors (Lipinski definition) is 3. The summed E-state index contributed by atoms with van der Waals surface area (Å²) < 4.78 is 19.0. The molecule has 0 aromatic heterocycles. The number of ether oxygens (including phenoxy) is 1. The minimum absolute atomic E-state index is 0.0389. The van der Waals surface area contributed by atoms with E-state index in [1.165, 1.54) is 13.0 Å². The Bertz CT molecular complexity index is 403. The van der Waals surface area contributed by atoms with Crippen molar-refractivity contribution in [3.8, 4) is 5.75 Å². The summed E-state index contributed by atoms with van der Waals surface area (Å²) in [5.41, 5.74) is 0.0389. The second kappa shape index (κ2) is 7.11. The van der Waals surface area contributed by atoms with Gasteiger partial charge in [0, 0.05) is 6.54 Å². The highest BCUT2D eigenvalue weighted by atomic mass is 19.1. The number of hydrogen-bond donors (Lipinski definition) is 0. The molecule has 0 aliphatic carbocycles. The van der Waals surface area contributed by atoms with Crippen molar-refractivity contribution in [3.63, 3.8) is 0 Å². The molecular formula is C14H20FNO2. The highest BCUT2D eigenvalue weighted by molar-refractivity contribution is 5.97. The van der Waals surface area contributed by atoms with E-state index >= 15 is 0 Å².